The highest BCUT2D eigenvalue weighted by atomic mass is 32.1. The summed E-state index contributed by atoms with van der Waals surface area (Å²) in [5.74, 6) is -0.296. The number of likely N-dealkylation sites (N-methyl/N-ethyl adjacent to an activating group) is 1. The Balaban J connectivity index is 1.62. The number of carbonyl (C=O) groups is 1. The zero-order valence-corrected chi connectivity index (χ0v) is 17.7. The van der Waals surface area contributed by atoms with Crippen molar-refractivity contribution in [1.29, 1.82) is 0 Å². The Labute approximate surface area is 169 Å². The average molecular weight is 400 g/mol. The Hall–Kier alpha value is -1.74. The number of likely N-dealkylation sites (tertiary alicyclic amines) is 1. The van der Waals surface area contributed by atoms with Crippen molar-refractivity contribution in [2.75, 3.05) is 13.6 Å². The molecule has 1 atom stereocenters. The number of rotatable bonds is 3. The Morgan fingerprint density at radius 1 is 1.21 bits per heavy atom. The van der Waals surface area contributed by atoms with E-state index in [2.05, 4.69) is 4.98 Å². The number of amides is 1. The zero-order valence-electron chi connectivity index (χ0n) is 16.9. The molecule has 0 radical (unpaired) electrons. The highest BCUT2D eigenvalue weighted by molar-refractivity contribution is 7.13. The van der Waals surface area contributed by atoms with Crippen LogP contribution in [-0.4, -0.2) is 52.8 Å². The smallest absolute Gasteiger partial charge is 0.399 e. The van der Waals surface area contributed by atoms with E-state index in [4.69, 9.17) is 9.31 Å². The fourth-order valence-electron chi connectivity index (χ4n) is 3.49. The lowest BCUT2D eigenvalue weighted by molar-refractivity contribution is -0.143. The lowest BCUT2D eigenvalue weighted by Gasteiger charge is -2.32. The van der Waals surface area contributed by atoms with Crippen molar-refractivity contribution in [2.45, 2.75) is 50.9 Å². The van der Waals surface area contributed by atoms with Gasteiger partial charge in [0.25, 0.3) is 5.91 Å². The molecular weight excluding hydrogens is 375 g/mol. The van der Waals surface area contributed by atoms with Gasteiger partial charge in [-0.15, -0.1) is 11.3 Å². The van der Waals surface area contributed by atoms with Crippen LogP contribution in [-0.2, 0) is 19.7 Å². The van der Waals surface area contributed by atoms with E-state index < -0.39 is 23.9 Å². The van der Waals surface area contributed by atoms with Gasteiger partial charge in [0.1, 0.15) is 5.01 Å². The maximum Gasteiger partial charge on any atom is 0.494 e. The number of benzene rings is 1. The molecule has 1 N–H and O–H groups in total. The van der Waals surface area contributed by atoms with Crippen LogP contribution < -0.4 is 5.46 Å². The second-order valence-corrected chi connectivity index (χ2v) is 9.45. The first-order valence-electron chi connectivity index (χ1n) is 9.43. The third-order valence-electron chi connectivity index (χ3n) is 6.10. The number of aliphatic hydroxyl groups is 1. The summed E-state index contributed by atoms with van der Waals surface area (Å²) in [7, 11) is 1.25. The van der Waals surface area contributed by atoms with Gasteiger partial charge in [0.15, 0.2) is 5.60 Å². The predicted molar refractivity (Wildman–Crippen MR) is 109 cm³/mol. The van der Waals surface area contributed by atoms with Gasteiger partial charge >= 0.3 is 7.12 Å². The number of carbonyl (C=O) groups excluding carboxylic acids is 1. The first-order valence-corrected chi connectivity index (χ1v) is 10.3. The van der Waals surface area contributed by atoms with Gasteiger partial charge in [-0.3, -0.25) is 4.79 Å². The summed E-state index contributed by atoms with van der Waals surface area (Å²) in [5, 5.41) is 13.3. The monoisotopic (exact) mass is 400 g/mol. The van der Waals surface area contributed by atoms with E-state index in [1.165, 1.54) is 16.2 Å². The maximum absolute atomic E-state index is 12.3. The molecule has 0 spiro atoms. The van der Waals surface area contributed by atoms with Gasteiger partial charge in [-0.25, -0.2) is 4.98 Å². The molecule has 2 aliphatic heterocycles. The molecule has 0 aliphatic carbocycles. The normalized spacial score (nSPS) is 26.3. The summed E-state index contributed by atoms with van der Waals surface area (Å²) in [6, 6.07) is 7.88. The Morgan fingerprint density at radius 2 is 1.89 bits per heavy atom. The van der Waals surface area contributed by atoms with E-state index in [1.807, 2.05) is 52.0 Å². The quantitative estimate of drug-likeness (QED) is 0.800. The second kappa shape index (κ2) is 6.39. The summed E-state index contributed by atoms with van der Waals surface area (Å²) >= 11 is 1.42. The number of aromatic nitrogens is 1. The molecule has 1 amide bonds. The Morgan fingerprint density at radius 3 is 2.50 bits per heavy atom. The molecule has 148 valence electrons. The third kappa shape index (κ3) is 2.99. The Kier molecular flexibility index (Phi) is 4.46. The van der Waals surface area contributed by atoms with E-state index >= 15 is 0 Å². The first kappa shape index (κ1) is 19.6. The molecule has 1 aromatic heterocycles. The van der Waals surface area contributed by atoms with Crippen molar-refractivity contribution in [1.82, 2.24) is 9.88 Å². The van der Waals surface area contributed by atoms with Crippen LogP contribution in [0.25, 0.3) is 10.6 Å². The van der Waals surface area contributed by atoms with E-state index in [9.17, 15) is 9.90 Å². The van der Waals surface area contributed by atoms with Crippen molar-refractivity contribution in [3.8, 4) is 10.6 Å². The van der Waals surface area contributed by atoms with Crippen LogP contribution >= 0.6 is 11.3 Å². The van der Waals surface area contributed by atoms with Crippen LogP contribution in [0.5, 0.6) is 0 Å². The van der Waals surface area contributed by atoms with E-state index in [0.717, 1.165) is 16.0 Å². The lowest BCUT2D eigenvalue weighted by atomic mass is 9.78. The van der Waals surface area contributed by atoms with E-state index in [1.54, 1.807) is 12.4 Å². The van der Waals surface area contributed by atoms with Crippen LogP contribution in [0.2, 0.25) is 0 Å². The predicted octanol–water partition coefficient (Wildman–Crippen LogP) is 2.16. The summed E-state index contributed by atoms with van der Waals surface area (Å²) < 4.78 is 12.3. The summed E-state index contributed by atoms with van der Waals surface area (Å²) in [5.41, 5.74) is -0.0790. The van der Waals surface area contributed by atoms with Crippen molar-refractivity contribution in [3.63, 3.8) is 0 Å². The average Bonchev–Trinajstić information content (AvgIpc) is 3.29. The number of nitrogens with zero attached hydrogens (tertiary/aromatic N) is 2. The van der Waals surface area contributed by atoms with Gasteiger partial charge in [-0.2, -0.15) is 0 Å². The SMILES string of the molecule is CN1CC[C@](O)(c2csc(-c3cccc(B4OC(C)(C)C(C)(C)O4)c3)n2)C1=O. The fraction of sp³-hybridized carbons (Fsp3) is 0.500. The van der Waals surface area contributed by atoms with Crippen molar-refractivity contribution in [3.05, 3.63) is 35.3 Å². The molecule has 0 saturated carbocycles. The highest BCUT2D eigenvalue weighted by Gasteiger charge is 2.52. The lowest BCUT2D eigenvalue weighted by Crippen LogP contribution is -2.41. The van der Waals surface area contributed by atoms with Crippen molar-refractivity contribution < 1.29 is 19.2 Å². The largest absolute Gasteiger partial charge is 0.494 e. The number of thiazole rings is 1. The first-order chi connectivity index (χ1) is 13.0. The molecule has 2 aromatic rings. The summed E-state index contributed by atoms with van der Waals surface area (Å²) in [6.45, 7) is 8.64. The van der Waals surface area contributed by atoms with E-state index in [0.29, 0.717) is 18.7 Å². The van der Waals surface area contributed by atoms with Gasteiger partial charge in [-0.1, -0.05) is 24.3 Å². The van der Waals surface area contributed by atoms with Crippen LogP contribution in [0, 0.1) is 0 Å². The highest BCUT2D eigenvalue weighted by Crippen LogP contribution is 2.38. The standard InChI is InChI=1S/C20H25BN2O4S/c1-18(2)19(3,4)27-21(26-18)14-8-6-7-13(11-14)16-22-15(12-28-16)20(25)9-10-23(5)17(20)24/h6-8,11-12,25H,9-10H2,1-5H3/t20-/m0/s1. The molecule has 2 aliphatic rings. The topological polar surface area (TPSA) is 71.9 Å². The van der Waals surface area contributed by atoms with Gasteiger partial charge in [-0.05, 0) is 33.2 Å². The zero-order chi connectivity index (χ0) is 20.3. The molecule has 1 aromatic carbocycles. The molecule has 0 bridgehead atoms. The molecular formula is C20H25BN2O4S. The van der Waals surface area contributed by atoms with Gasteiger partial charge in [0.2, 0.25) is 0 Å². The molecule has 28 heavy (non-hydrogen) atoms. The fourth-order valence-corrected chi connectivity index (χ4v) is 4.37. The van der Waals surface area contributed by atoms with Crippen molar-refractivity contribution >= 4 is 29.8 Å². The molecule has 0 unspecified atom stereocenters. The van der Waals surface area contributed by atoms with Gasteiger partial charge < -0.3 is 19.3 Å². The second-order valence-electron chi connectivity index (χ2n) is 8.59. The van der Waals surface area contributed by atoms with E-state index in [-0.39, 0.29) is 5.91 Å². The molecule has 3 heterocycles. The molecule has 8 heteroatoms. The minimum atomic E-state index is -1.52. The molecule has 6 nitrogen and oxygen atoms in total. The third-order valence-corrected chi connectivity index (χ3v) is 6.99. The van der Waals surface area contributed by atoms with Crippen LogP contribution in [0.15, 0.2) is 29.6 Å². The van der Waals surface area contributed by atoms with Crippen LogP contribution in [0.1, 0.15) is 39.8 Å². The van der Waals surface area contributed by atoms with Crippen molar-refractivity contribution in [2.24, 2.45) is 0 Å². The number of hydrogen-bond donors (Lipinski definition) is 1. The molecule has 2 fully saturated rings. The Bertz CT molecular complexity index is 912. The maximum atomic E-state index is 12.3. The molecule has 4 rings (SSSR count). The summed E-state index contributed by atoms with van der Waals surface area (Å²) in [6.07, 6.45) is 0.361. The minimum Gasteiger partial charge on any atom is -0.399 e. The number of hydrogen-bond acceptors (Lipinski definition) is 6. The molecule has 2 saturated heterocycles. The van der Waals surface area contributed by atoms with Gasteiger partial charge in [0, 0.05) is 31.0 Å². The van der Waals surface area contributed by atoms with Crippen LogP contribution in [0.3, 0.4) is 0 Å². The summed E-state index contributed by atoms with van der Waals surface area (Å²) in [4.78, 5) is 18.5. The van der Waals surface area contributed by atoms with Crippen LogP contribution in [0.4, 0.5) is 0 Å². The minimum absolute atomic E-state index is 0.296. The van der Waals surface area contributed by atoms with Gasteiger partial charge in [0.05, 0.1) is 16.9 Å².